The number of sulfonamides is 1. The molecule has 10 heteroatoms. The van der Waals surface area contributed by atoms with Crippen LogP contribution in [0.2, 0.25) is 5.02 Å². The maximum Gasteiger partial charge on any atom is 0.264 e. The van der Waals surface area contributed by atoms with Gasteiger partial charge in [-0.05, 0) is 67.8 Å². The normalized spacial score (nSPS) is 11.9. The molecule has 0 radical (unpaired) electrons. The summed E-state index contributed by atoms with van der Waals surface area (Å²) in [7, 11) is -1.12. The minimum Gasteiger partial charge on any atom is -0.497 e. The Morgan fingerprint density at radius 1 is 1.03 bits per heavy atom. The molecule has 0 bridgehead atoms. The molecule has 0 saturated heterocycles. The molecular formula is C29H34ClN3O5S. The van der Waals surface area contributed by atoms with Crippen LogP contribution in [0.25, 0.3) is 0 Å². The van der Waals surface area contributed by atoms with Gasteiger partial charge in [0.15, 0.2) is 0 Å². The van der Waals surface area contributed by atoms with E-state index in [1.807, 2.05) is 13.0 Å². The van der Waals surface area contributed by atoms with E-state index >= 15 is 0 Å². The van der Waals surface area contributed by atoms with Gasteiger partial charge in [-0.2, -0.15) is 0 Å². The Labute approximate surface area is 235 Å². The van der Waals surface area contributed by atoms with Crippen molar-refractivity contribution in [3.8, 4) is 5.75 Å². The van der Waals surface area contributed by atoms with E-state index in [0.717, 1.165) is 21.0 Å². The summed E-state index contributed by atoms with van der Waals surface area (Å²) < 4.78 is 34.1. The third-order valence-corrected chi connectivity index (χ3v) is 8.65. The standard InChI is InChI=1S/C29H34ClN3O5S/c1-6-27(29(35)31-4)32(18-22-8-7-9-24(16-22)38-5)28(34)19-33(23-13-12-21(3)26(30)17-23)39(36,37)25-14-10-20(2)11-15-25/h7-17,27H,6,18-19H2,1-5H3,(H,31,35)/t27-/m1/s1. The van der Waals surface area contributed by atoms with Crippen molar-refractivity contribution < 1.29 is 22.7 Å². The lowest BCUT2D eigenvalue weighted by Gasteiger charge is -2.33. The van der Waals surface area contributed by atoms with Crippen molar-refractivity contribution in [2.75, 3.05) is 25.0 Å². The highest BCUT2D eigenvalue weighted by Gasteiger charge is 2.33. The number of nitrogens with zero attached hydrogens (tertiary/aromatic N) is 2. The maximum atomic E-state index is 14.0. The van der Waals surface area contributed by atoms with Gasteiger partial charge in [0, 0.05) is 18.6 Å². The smallest absolute Gasteiger partial charge is 0.264 e. The van der Waals surface area contributed by atoms with Gasteiger partial charge in [-0.1, -0.05) is 54.4 Å². The lowest BCUT2D eigenvalue weighted by atomic mass is 10.1. The average Bonchev–Trinajstić information content (AvgIpc) is 2.93. The Hall–Kier alpha value is -3.56. The number of carbonyl (C=O) groups is 2. The predicted molar refractivity (Wildman–Crippen MR) is 154 cm³/mol. The molecule has 1 N–H and O–H groups in total. The Balaban J connectivity index is 2.09. The molecule has 0 spiro atoms. The zero-order valence-electron chi connectivity index (χ0n) is 22.8. The summed E-state index contributed by atoms with van der Waals surface area (Å²) in [5, 5.41) is 2.98. The Morgan fingerprint density at radius 3 is 2.31 bits per heavy atom. The van der Waals surface area contributed by atoms with E-state index in [2.05, 4.69) is 5.32 Å². The number of likely N-dealkylation sites (N-methyl/N-ethyl adjacent to an activating group) is 1. The quantitative estimate of drug-likeness (QED) is 0.359. The fourth-order valence-corrected chi connectivity index (χ4v) is 5.74. The van der Waals surface area contributed by atoms with Gasteiger partial charge < -0.3 is 15.0 Å². The summed E-state index contributed by atoms with van der Waals surface area (Å²) in [4.78, 5) is 28.2. The number of methoxy groups -OCH3 is 1. The van der Waals surface area contributed by atoms with Gasteiger partial charge in [-0.25, -0.2) is 8.42 Å². The Kier molecular flexibility index (Phi) is 9.99. The molecule has 0 aliphatic rings. The van der Waals surface area contributed by atoms with Crippen LogP contribution in [0.4, 0.5) is 5.69 Å². The summed E-state index contributed by atoms with van der Waals surface area (Å²) in [6, 6.07) is 17.6. The molecule has 0 aliphatic heterocycles. The summed E-state index contributed by atoms with van der Waals surface area (Å²) in [5.41, 5.74) is 2.64. The molecule has 0 fully saturated rings. The number of hydrogen-bond acceptors (Lipinski definition) is 5. The first-order valence-corrected chi connectivity index (χ1v) is 14.3. The van der Waals surface area contributed by atoms with Crippen molar-refractivity contribution in [2.45, 2.75) is 44.7 Å². The van der Waals surface area contributed by atoms with Crippen LogP contribution in [-0.4, -0.2) is 51.9 Å². The molecule has 3 rings (SSSR count). The van der Waals surface area contributed by atoms with Crippen LogP contribution in [0, 0.1) is 13.8 Å². The lowest BCUT2D eigenvalue weighted by molar-refractivity contribution is -0.140. The molecule has 39 heavy (non-hydrogen) atoms. The Bertz CT molecular complexity index is 1430. The van der Waals surface area contributed by atoms with E-state index in [1.54, 1.807) is 63.4 Å². The second kappa shape index (κ2) is 13.0. The Morgan fingerprint density at radius 2 is 1.72 bits per heavy atom. The highest BCUT2D eigenvalue weighted by atomic mass is 35.5. The number of hydrogen-bond donors (Lipinski definition) is 1. The lowest BCUT2D eigenvalue weighted by Crippen LogP contribution is -2.51. The molecule has 3 aromatic carbocycles. The van der Waals surface area contributed by atoms with Gasteiger partial charge in [0.1, 0.15) is 18.3 Å². The highest BCUT2D eigenvalue weighted by Crippen LogP contribution is 2.29. The number of halogens is 1. The van der Waals surface area contributed by atoms with Crippen LogP contribution in [0.1, 0.15) is 30.0 Å². The predicted octanol–water partition coefficient (Wildman–Crippen LogP) is 4.71. The van der Waals surface area contributed by atoms with Crippen LogP contribution >= 0.6 is 11.6 Å². The van der Waals surface area contributed by atoms with Crippen LogP contribution in [0.5, 0.6) is 5.75 Å². The second-order valence-electron chi connectivity index (χ2n) is 9.17. The number of amides is 2. The van der Waals surface area contributed by atoms with Crippen LogP contribution in [0.15, 0.2) is 71.6 Å². The number of aryl methyl sites for hydroxylation is 2. The molecule has 0 aliphatic carbocycles. The number of ether oxygens (including phenoxy) is 1. The van der Waals surface area contributed by atoms with Crippen molar-refractivity contribution in [1.82, 2.24) is 10.2 Å². The minimum atomic E-state index is -4.16. The van der Waals surface area contributed by atoms with E-state index < -0.39 is 28.5 Å². The first-order valence-electron chi connectivity index (χ1n) is 12.5. The van der Waals surface area contributed by atoms with Crippen LogP contribution in [-0.2, 0) is 26.2 Å². The van der Waals surface area contributed by atoms with Crippen molar-refractivity contribution in [1.29, 1.82) is 0 Å². The third-order valence-electron chi connectivity index (χ3n) is 6.45. The van der Waals surface area contributed by atoms with Gasteiger partial charge in [0.05, 0.1) is 17.7 Å². The van der Waals surface area contributed by atoms with E-state index in [4.69, 9.17) is 16.3 Å². The first-order chi connectivity index (χ1) is 18.5. The van der Waals surface area contributed by atoms with Crippen LogP contribution in [0.3, 0.4) is 0 Å². The molecule has 3 aromatic rings. The third kappa shape index (κ3) is 7.10. The molecule has 2 amide bonds. The van der Waals surface area contributed by atoms with Crippen molar-refractivity contribution in [3.63, 3.8) is 0 Å². The van der Waals surface area contributed by atoms with Crippen LogP contribution < -0.4 is 14.4 Å². The van der Waals surface area contributed by atoms with Gasteiger partial charge in [-0.15, -0.1) is 0 Å². The summed E-state index contributed by atoms with van der Waals surface area (Å²) in [6.45, 7) is 5.01. The molecule has 8 nitrogen and oxygen atoms in total. The van der Waals surface area contributed by atoms with Gasteiger partial charge >= 0.3 is 0 Å². The van der Waals surface area contributed by atoms with Crippen molar-refractivity contribution >= 4 is 39.1 Å². The molecule has 208 valence electrons. The fourth-order valence-electron chi connectivity index (χ4n) is 4.16. The molecular weight excluding hydrogens is 538 g/mol. The number of rotatable bonds is 11. The number of carbonyl (C=O) groups excluding carboxylic acids is 2. The largest absolute Gasteiger partial charge is 0.497 e. The molecule has 0 heterocycles. The van der Waals surface area contributed by atoms with Crippen molar-refractivity contribution in [3.05, 3.63) is 88.4 Å². The van der Waals surface area contributed by atoms with Gasteiger partial charge in [0.2, 0.25) is 11.8 Å². The summed E-state index contributed by atoms with van der Waals surface area (Å²) >= 11 is 6.36. The SMILES string of the molecule is CC[C@H](C(=O)NC)N(Cc1cccc(OC)c1)C(=O)CN(c1ccc(C)c(Cl)c1)S(=O)(=O)c1ccc(C)cc1. The maximum absolute atomic E-state index is 14.0. The summed E-state index contributed by atoms with van der Waals surface area (Å²) in [5.74, 6) is -0.286. The van der Waals surface area contributed by atoms with Gasteiger partial charge in [-0.3, -0.25) is 13.9 Å². The number of nitrogens with one attached hydrogen (secondary N) is 1. The fraction of sp³-hybridized carbons (Fsp3) is 0.310. The number of anilines is 1. The highest BCUT2D eigenvalue weighted by molar-refractivity contribution is 7.92. The molecule has 0 aromatic heterocycles. The minimum absolute atomic E-state index is 0.0373. The molecule has 0 saturated carbocycles. The van der Waals surface area contributed by atoms with E-state index in [1.165, 1.54) is 30.1 Å². The molecule has 0 unspecified atom stereocenters. The monoisotopic (exact) mass is 571 g/mol. The topological polar surface area (TPSA) is 96.0 Å². The zero-order valence-corrected chi connectivity index (χ0v) is 24.3. The van der Waals surface area contributed by atoms with E-state index in [0.29, 0.717) is 17.2 Å². The first kappa shape index (κ1) is 30.0. The van der Waals surface area contributed by atoms with Crippen molar-refractivity contribution in [2.24, 2.45) is 0 Å². The van der Waals surface area contributed by atoms with E-state index in [-0.39, 0.29) is 23.0 Å². The summed E-state index contributed by atoms with van der Waals surface area (Å²) in [6.07, 6.45) is 0.330. The number of benzene rings is 3. The van der Waals surface area contributed by atoms with Gasteiger partial charge in [0.25, 0.3) is 10.0 Å². The molecule has 1 atom stereocenters. The van der Waals surface area contributed by atoms with E-state index in [9.17, 15) is 18.0 Å². The average molecular weight is 572 g/mol. The zero-order chi connectivity index (χ0) is 28.7. The second-order valence-corrected chi connectivity index (χ2v) is 11.4.